The number of aromatic nitrogens is 2. The van der Waals surface area contributed by atoms with Gasteiger partial charge in [0.05, 0.1) is 0 Å². The molecule has 2 amide bonds. The van der Waals surface area contributed by atoms with Gasteiger partial charge in [0.2, 0.25) is 11.8 Å². The van der Waals surface area contributed by atoms with Crippen LogP contribution in [-0.4, -0.2) is 28.0 Å². The maximum Gasteiger partial charge on any atom is 0.248 e. The van der Waals surface area contributed by atoms with Gasteiger partial charge in [-0.2, -0.15) is 0 Å². The Hall–Kier alpha value is -3.09. The van der Waals surface area contributed by atoms with Crippen LogP contribution in [0.3, 0.4) is 0 Å². The van der Waals surface area contributed by atoms with Gasteiger partial charge in [-0.15, -0.1) is 0 Å². The fraction of sp³-hybridized carbons (Fsp3) is 0.316. The third-order valence-electron chi connectivity index (χ3n) is 4.56. The third kappa shape index (κ3) is 3.46. The maximum atomic E-state index is 12.7. The Labute approximate surface area is 150 Å². The minimum Gasteiger partial charge on any atom is -0.361 e. The zero-order chi connectivity index (χ0) is 18.1. The highest BCUT2D eigenvalue weighted by atomic mass is 16.5. The summed E-state index contributed by atoms with van der Waals surface area (Å²) in [5.74, 6) is 0.606. The Balaban J connectivity index is 1.55. The molecule has 0 aliphatic heterocycles. The van der Waals surface area contributed by atoms with Gasteiger partial charge in [0.1, 0.15) is 11.8 Å². The lowest BCUT2D eigenvalue weighted by Gasteiger charge is -2.17. The molecule has 7 nitrogen and oxygen atoms in total. The minimum absolute atomic E-state index is 0.0302. The number of hydrogen-bond acceptors (Lipinski definition) is 4. The molecule has 0 unspecified atom stereocenters. The number of rotatable bonds is 6. The Morgan fingerprint density at radius 2 is 2.15 bits per heavy atom. The van der Waals surface area contributed by atoms with Crippen LogP contribution in [-0.2, 0) is 16.0 Å². The second kappa shape index (κ2) is 6.67. The summed E-state index contributed by atoms with van der Waals surface area (Å²) >= 11 is 0. The van der Waals surface area contributed by atoms with E-state index in [1.165, 1.54) is 0 Å². The second-order valence-electron chi connectivity index (χ2n) is 6.71. The van der Waals surface area contributed by atoms with Crippen molar-refractivity contribution in [3.05, 3.63) is 47.9 Å². The van der Waals surface area contributed by atoms with Crippen LogP contribution in [0, 0.1) is 12.8 Å². The molecular formula is C19H20N4O3. The molecule has 1 saturated carbocycles. The van der Waals surface area contributed by atoms with E-state index in [0.717, 1.165) is 29.3 Å². The number of nitrogens with one attached hydrogen (secondary N) is 3. The molecule has 7 heteroatoms. The highest BCUT2D eigenvalue weighted by Gasteiger charge is 2.33. The van der Waals surface area contributed by atoms with Crippen LogP contribution >= 0.6 is 0 Å². The molecule has 1 aliphatic rings. The Kier molecular flexibility index (Phi) is 4.20. The van der Waals surface area contributed by atoms with Crippen molar-refractivity contribution in [2.24, 2.45) is 5.92 Å². The normalized spacial score (nSPS) is 15.0. The van der Waals surface area contributed by atoms with Crippen molar-refractivity contribution in [2.75, 3.05) is 5.32 Å². The summed E-state index contributed by atoms with van der Waals surface area (Å²) in [5.41, 5.74) is 1.98. The van der Waals surface area contributed by atoms with Gasteiger partial charge >= 0.3 is 0 Å². The SMILES string of the molecule is Cc1cc(NC(=O)[C@@H](Cc2c[nH]c3ccccc23)NC(=O)C2CC2)no1. The first-order valence-electron chi connectivity index (χ1n) is 8.69. The average molecular weight is 352 g/mol. The summed E-state index contributed by atoms with van der Waals surface area (Å²) in [6.45, 7) is 1.75. The Morgan fingerprint density at radius 1 is 1.35 bits per heavy atom. The van der Waals surface area contributed by atoms with E-state index in [-0.39, 0.29) is 17.7 Å². The summed E-state index contributed by atoms with van der Waals surface area (Å²) < 4.78 is 4.98. The molecule has 1 aliphatic carbocycles. The van der Waals surface area contributed by atoms with Gasteiger partial charge in [0.25, 0.3) is 0 Å². The molecule has 2 heterocycles. The molecule has 1 fully saturated rings. The first-order valence-corrected chi connectivity index (χ1v) is 8.69. The van der Waals surface area contributed by atoms with Gasteiger partial charge in [-0.25, -0.2) is 0 Å². The molecule has 26 heavy (non-hydrogen) atoms. The van der Waals surface area contributed by atoms with Crippen molar-refractivity contribution < 1.29 is 14.1 Å². The van der Waals surface area contributed by atoms with Gasteiger partial charge in [-0.3, -0.25) is 9.59 Å². The number of benzene rings is 1. The van der Waals surface area contributed by atoms with Gasteiger partial charge < -0.3 is 20.1 Å². The van der Waals surface area contributed by atoms with Gasteiger partial charge in [0, 0.05) is 35.5 Å². The van der Waals surface area contributed by atoms with Crippen LogP contribution in [0.4, 0.5) is 5.82 Å². The molecule has 0 spiro atoms. The quantitative estimate of drug-likeness (QED) is 0.635. The Morgan fingerprint density at radius 3 is 2.88 bits per heavy atom. The summed E-state index contributed by atoms with van der Waals surface area (Å²) in [6, 6.07) is 8.85. The van der Waals surface area contributed by atoms with Crippen molar-refractivity contribution in [2.45, 2.75) is 32.2 Å². The molecule has 3 aromatic rings. The van der Waals surface area contributed by atoms with Gasteiger partial charge in [0.15, 0.2) is 5.82 Å². The number of anilines is 1. The summed E-state index contributed by atoms with van der Waals surface area (Å²) in [4.78, 5) is 28.2. The zero-order valence-corrected chi connectivity index (χ0v) is 14.4. The van der Waals surface area contributed by atoms with Crippen LogP contribution in [0.15, 0.2) is 41.1 Å². The van der Waals surface area contributed by atoms with E-state index in [1.807, 2.05) is 30.5 Å². The van der Waals surface area contributed by atoms with Crippen LogP contribution < -0.4 is 10.6 Å². The number of aryl methyl sites for hydroxylation is 1. The Bertz CT molecular complexity index is 955. The van der Waals surface area contributed by atoms with Crippen LogP contribution in [0.1, 0.15) is 24.2 Å². The smallest absolute Gasteiger partial charge is 0.248 e. The topological polar surface area (TPSA) is 100 Å². The molecule has 4 rings (SSSR count). The zero-order valence-electron chi connectivity index (χ0n) is 14.4. The van der Waals surface area contributed by atoms with Crippen molar-refractivity contribution >= 4 is 28.5 Å². The maximum absolute atomic E-state index is 12.7. The summed E-state index contributed by atoms with van der Waals surface area (Å²) in [5, 5.41) is 10.4. The van der Waals surface area contributed by atoms with E-state index in [1.54, 1.807) is 13.0 Å². The number of amides is 2. The van der Waals surface area contributed by atoms with Crippen molar-refractivity contribution in [3.63, 3.8) is 0 Å². The standard InChI is InChI=1S/C19H20N4O3/c1-11-8-17(23-26-11)22-19(25)16(21-18(24)12-6-7-12)9-13-10-20-15-5-3-2-4-14(13)15/h2-5,8,10,12,16,20H,6-7,9H2,1H3,(H,21,24)(H,22,23,25)/t16-/m1/s1. The number of fused-ring (bicyclic) bond motifs is 1. The molecule has 0 radical (unpaired) electrons. The molecular weight excluding hydrogens is 332 g/mol. The van der Waals surface area contributed by atoms with Gasteiger partial charge in [-0.05, 0) is 31.4 Å². The number of carbonyl (C=O) groups excluding carboxylic acids is 2. The van der Waals surface area contributed by atoms with Crippen molar-refractivity contribution in [1.82, 2.24) is 15.5 Å². The van der Waals surface area contributed by atoms with E-state index >= 15 is 0 Å². The van der Waals surface area contributed by atoms with Crippen LogP contribution in [0.25, 0.3) is 10.9 Å². The van der Waals surface area contributed by atoms with Crippen LogP contribution in [0.2, 0.25) is 0 Å². The van der Waals surface area contributed by atoms with E-state index < -0.39 is 6.04 Å². The lowest BCUT2D eigenvalue weighted by Crippen LogP contribution is -2.45. The number of aromatic amines is 1. The summed E-state index contributed by atoms with van der Waals surface area (Å²) in [7, 11) is 0. The predicted octanol–water partition coefficient (Wildman–Crippen LogP) is 2.54. The molecule has 134 valence electrons. The number of nitrogens with zero attached hydrogens (tertiary/aromatic N) is 1. The molecule has 0 saturated heterocycles. The minimum atomic E-state index is -0.681. The highest BCUT2D eigenvalue weighted by molar-refractivity contribution is 5.97. The molecule has 1 aromatic carbocycles. The average Bonchev–Trinajstić information content (AvgIpc) is 3.30. The van der Waals surface area contributed by atoms with E-state index in [2.05, 4.69) is 20.8 Å². The molecule has 0 bridgehead atoms. The van der Waals surface area contributed by atoms with E-state index in [9.17, 15) is 9.59 Å². The van der Waals surface area contributed by atoms with Crippen molar-refractivity contribution in [3.8, 4) is 0 Å². The molecule has 1 atom stereocenters. The monoisotopic (exact) mass is 352 g/mol. The first-order chi connectivity index (χ1) is 12.6. The van der Waals surface area contributed by atoms with Gasteiger partial charge in [-0.1, -0.05) is 23.4 Å². The second-order valence-corrected chi connectivity index (χ2v) is 6.71. The number of para-hydroxylation sites is 1. The lowest BCUT2D eigenvalue weighted by atomic mass is 10.0. The highest BCUT2D eigenvalue weighted by Crippen LogP contribution is 2.29. The summed E-state index contributed by atoms with van der Waals surface area (Å²) in [6.07, 6.45) is 4.05. The number of hydrogen-bond donors (Lipinski definition) is 3. The fourth-order valence-corrected chi connectivity index (χ4v) is 3.00. The molecule has 2 aromatic heterocycles. The number of H-pyrrole nitrogens is 1. The first kappa shape index (κ1) is 16.4. The van der Waals surface area contributed by atoms with Crippen molar-refractivity contribution in [1.29, 1.82) is 0 Å². The predicted molar refractivity (Wildman–Crippen MR) is 96.5 cm³/mol. The van der Waals surface area contributed by atoms with Crippen LogP contribution in [0.5, 0.6) is 0 Å². The number of carbonyl (C=O) groups is 2. The molecule has 3 N–H and O–H groups in total. The fourth-order valence-electron chi connectivity index (χ4n) is 3.00. The third-order valence-corrected chi connectivity index (χ3v) is 4.56. The largest absolute Gasteiger partial charge is 0.361 e. The van der Waals surface area contributed by atoms with E-state index in [0.29, 0.717) is 18.0 Å². The van der Waals surface area contributed by atoms with E-state index in [4.69, 9.17) is 4.52 Å². The lowest BCUT2D eigenvalue weighted by molar-refractivity contribution is -0.127.